The molecule has 0 aromatic heterocycles. The molecule has 2 nitrogen and oxygen atoms in total. The van der Waals surface area contributed by atoms with Crippen molar-refractivity contribution in [2.45, 2.75) is 52.1 Å². The van der Waals surface area contributed by atoms with Crippen LogP contribution in [0.3, 0.4) is 0 Å². The number of hydrogen-bond donors (Lipinski definition) is 0. The first-order valence-corrected chi connectivity index (χ1v) is 5.14. The highest BCUT2D eigenvalue weighted by atomic mass is 16.5. The molecule has 0 radical (unpaired) electrons. The number of hydrogen-bond acceptors (Lipinski definition) is 2. The van der Waals surface area contributed by atoms with Crippen molar-refractivity contribution < 1.29 is 9.53 Å². The summed E-state index contributed by atoms with van der Waals surface area (Å²) in [7, 11) is 0. The Labute approximate surface area is 80.0 Å². The van der Waals surface area contributed by atoms with Crippen molar-refractivity contribution in [1.82, 2.24) is 0 Å². The number of ether oxygens (including phenoxy) is 1. The standard InChI is InChI=1S/C11H18O2/c1-3-4-5-6-7-10-8-9(2)13-11(10)12/h7,9H,3-6,8H2,1-2H3/t9-/m0/s1. The van der Waals surface area contributed by atoms with E-state index in [4.69, 9.17) is 4.74 Å². The van der Waals surface area contributed by atoms with Crippen LogP contribution in [0.4, 0.5) is 0 Å². The van der Waals surface area contributed by atoms with Gasteiger partial charge in [0.05, 0.1) is 0 Å². The molecule has 0 aliphatic carbocycles. The van der Waals surface area contributed by atoms with Crippen molar-refractivity contribution in [3.63, 3.8) is 0 Å². The maximum Gasteiger partial charge on any atom is 0.334 e. The normalized spacial score (nSPS) is 25.2. The van der Waals surface area contributed by atoms with E-state index in [9.17, 15) is 4.79 Å². The van der Waals surface area contributed by atoms with Gasteiger partial charge in [-0.1, -0.05) is 25.8 Å². The van der Waals surface area contributed by atoms with Gasteiger partial charge in [0.1, 0.15) is 6.10 Å². The molecule has 1 rings (SSSR count). The van der Waals surface area contributed by atoms with E-state index in [-0.39, 0.29) is 12.1 Å². The summed E-state index contributed by atoms with van der Waals surface area (Å²) < 4.78 is 5.02. The zero-order valence-electron chi connectivity index (χ0n) is 8.51. The van der Waals surface area contributed by atoms with Crippen molar-refractivity contribution in [1.29, 1.82) is 0 Å². The minimum atomic E-state index is -0.107. The molecule has 1 fully saturated rings. The van der Waals surface area contributed by atoms with Gasteiger partial charge in [-0.15, -0.1) is 0 Å². The van der Waals surface area contributed by atoms with E-state index in [1.165, 1.54) is 19.3 Å². The van der Waals surface area contributed by atoms with Gasteiger partial charge in [-0.25, -0.2) is 4.79 Å². The molecule has 13 heavy (non-hydrogen) atoms. The molecule has 1 heterocycles. The lowest BCUT2D eigenvalue weighted by atomic mass is 10.1. The Morgan fingerprint density at radius 2 is 2.31 bits per heavy atom. The number of unbranched alkanes of at least 4 members (excludes halogenated alkanes) is 3. The van der Waals surface area contributed by atoms with Crippen LogP contribution in [0.5, 0.6) is 0 Å². The van der Waals surface area contributed by atoms with Crippen LogP contribution >= 0.6 is 0 Å². The van der Waals surface area contributed by atoms with E-state index in [0.29, 0.717) is 0 Å². The Balaban J connectivity index is 2.30. The van der Waals surface area contributed by atoms with Crippen LogP contribution < -0.4 is 0 Å². The average Bonchev–Trinajstić information content (AvgIpc) is 2.39. The molecule has 0 amide bonds. The summed E-state index contributed by atoms with van der Waals surface area (Å²) >= 11 is 0. The van der Waals surface area contributed by atoms with Gasteiger partial charge >= 0.3 is 5.97 Å². The largest absolute Gasteiger partial charge is 0.459 e. The van der Waals surface area contributed by atoms with Crippen molar-refractivity contribution in [2.24, 2.45) is 0 Å². The molecule has 0 aromatic carbocycles. The molecule has 0 unspecified atom stereocenters. The number of cyclic esters (lactones) is 1. The summed E-state index contributed by atoms with van der Waals surface area (Å²) in [6.07, 6.45) is 7.60. The minimum absolute atomic E-state index is 0.0879. The fourth-order valence-electron chi connectivity index (χ4n) is 1.53. The van der Waals surface area contributed by atoms with Crippen LogP contribution in [0.25, 0.3) is 0 Å². The molecule has 0 spiro atoms. The van der Waals surface area contributed by atoms with Crippen LogP contribution in [0.1, 0.15) is 46.0 Å². The smallest absolute Gasteiger partial charge is 0.334 e. The topological polar surface area (TPSA) is 26.3 Å². The first-order valence-electron chi connectivity index (χ1n) is 5.14. The molecule has 0 N–H and O–H groups in total. The third-order valence-electron chi connectivity index (χ3n) is 2.28. The molecule has 0 saturated carbocycles. The Morgan fingerprint density at radius 1 is 1.54 bits per heavy atom. The Kier molecular flexibility index (Phi) is 4.00. The van der Waals surface area contributed by atoms with Gasteiger partial charge in [-0.05, 0) is 19.8 Å². The van der Waals surface area contributed by atoms with E-state index < -0.39 is 0 Å². The highest BCUT2D eigenvalue weighted by Crippen LogP contribution is 2.20. The minimum Gasteiger partial charge on any atom is -0.459 e. The predicted octanol–water partition coefficient (Wildman–Crippen LogP) is 2.83. The molecular weight excluding hydrogens is 164 g/mol. The zero-order valence-corrected chi connectivity index (χ0v) is 8.51. The number of carbonyl (C=O) groups excluding carboxylic acids is 1. The average molecular weight is 182 g/mol. The molecule has 1 atom stereocenters. The third kappa shape index (κ3) is 3.21. The van der Waals surface area contributed by atoms with Crippen LogP contribution in [-0.4, -0.2) is 12.1 Å². The quantitative estimate of drug-likeness (QED) is 0.379. The van der Waals surface area contributed by atoms with Crippen LogP contribution in [0.15, 0.2) is 11.6 Å². The summed E-state index contributed by atoms with van der Waals surface area (Å²) in [6, 6.07) is 0. The summed E-state index contributed by atoms with van der Waals surface area (Å²) in [4.78, 5) is 11.2. The molecular formula is C11H18O2. The van der Waals surface area contributed by atoms with Crippen LogP contribution in [0, 0.1) is 0 Å². The Bertz CT molecular complexity index is 206. The second-order valence-electron chi connectivity index (χ2n) is 3.65. The second-order valence-corrected chi connectivity index (χ2v) is 3.65. The van der Waals surface area contributed by atoms with Crippen molar-refractivity contribution >= 4 is 5.97 Å². The monoisotopic (exact) mass is 182 g/mol. The van der Waals surface area contributed by atoms with E-state index in [1.807, 2.05) is 13.0 Å². The van der Waals surface area contributed by atoms with Gasteiger partial charge in [0.25, 0.3) is 0 Å². The first kappa shape index (κ1) is 10.3. The lowest BCUT2D eigenvalue weighted by Crippen LogP contribution is -1.99. The molecule has 1 aliphatic rings. The SMILES string of the molecule is CCCCCC=C1C[C@H](C)OC1=O. The second kappa shape index (κ2) is 5.05. The van der Waals surface area contributed by atoms with Crippen LogP contribution in [0.2, 0.25) is 0 Å². The zero-order chi connectivity index (χ0) is 9.68. The number of rotatable bonds is 4. The van der Waals surface area contributed by atoms with E-state index in [2.05, 4.69) is 6.92 Å². The summed E-state index contributed by atoms with van der Waals surface area (Å²) in [5.41, 5.74) is 0.878. The predicted molar refractivity (Wildman–Crippen MR) is 52.4 cm³/mol. The van der Waals surface area contributed by atoms with Crippen molar-refractivity contribution in [3.8, 4) is 0 Å². The third-order valence-corrected chi connectivity index (χ3v) is 2.28. The van der Waals surface area contributed by atoms with Gasteiger partial charge in [0.15, 0.2) is 0 Å². The molecule has 1 saturated heterocycles. The van der Waals surface area contributed by atoms with Crippen molar-refractivity contribution in [3.05, 3.63) is 11.6 Å². The highest BCUT2D eigenvalue weighted by molar-refractivity contribution is 5.90. The van der Waals surface area contributed by atoms with Gasteiger partial charge < -0.3 is 4.74 Å². The molecule has 1 aliphatic heterocycles. The lowest BCUT2D eigenvalue weighted by Gasteiger charge is -1.94. The van der Waals surface area contributed by atoms with E-state index in [0.717, 1.165) is 18.4 Å². The molecule has 0 aromatic rings. The maximum absolute atomic E-state index is 11.2. The van der Waals surface area contributed by atoms with Crippen molar-refractivity contribution in [2.75, 3.05) is 0 Å². The van der Waals surface area contributed by atoms with Gasteiger partial charge in [-0.3, -0.25) is 0 Å². The molecule has 2 heteroatoms. The van der Waals surface area contributed by atoms with Gasteiger partial charge in [0.2, 0.25) is 0 Å². The van der Waals surface area contributed by atoms with Crippen LogP contribution in [-0.2, 0) is 9.53 Å². The fourth-order valence-corrected chi connectivity index (χ4v) is 1.53. The van der Waals surface area contributed by atoms with E-state index in [1.54, 1.807) is 0 Å². The fraction of sp³-hybridized carbons (Fsp3) is 0.727. The molecule has 0 bridgehead atoms. The highest BCUT2D eigenvalue weighted by Gasteiger charge is 2.24. The Morgan fingerprint density at radius 3 is 2.85 bits per heavy atom. The number of carbonyl (C=O) groups is 1. The summed E-state index contributed by atoms with van der Waals surface area (Å²) in [5.74, 6) is -0.107. The number of esters is 1. The number of allylic oxidation sites excluding steroid dienone is 1. The molecule has 74 valence electrons. The first-order chi connectivity index (χ1) is 6.24. The maximum atomic E-state index is 11.2. The van der Waals surface area contributed by atoms with Gasteiger partial charge in [-0.2, -0.15) is 0 Å². The van der Waals surface area contributed by atoms with E-state index >= 15 is 0 Å². The summed E-state index contributed by atoms with van der Waals surface area (Å²) in [6.45, 7) is 4.11. The Hall–Kier alpha value is -0.790. The van der Waals surface area contributed by atoms with Gasteiger partial charge in [0, 0.05) is 12.0 Å². The summed E-state index contributed by atoms with van der Waals surface area (Å²) in [5, 5.41) is 0. The lowest BCUT2D eigenvalue weighted by molar-refractivity contribution is -0.138.